The van der Waals surface area contributed by atoms with Gasteiger partial charge in [-0.1, -0.05) is 36.8 Å². The number of nitrogens with one attached hydrogen (secondary N) is 2. The lowest BCUT2D eigenvalue weighted by Gasteiger charge is -2.16. The smallest absolute Gasteiger partial charge is 0.191 e. The third-order valence-corrected chi connectivity index (χ3v) is 3.05. The van der Waals surface area contributed by atoms with Crippen LogP contribution in [-0.4, -0.2) is 25.6 Å². The Hall–Kier alpha value is -0.780. The van der Waals surface area contributed by atoms with E-state index in [-0.39, 0.29) is 24.0 Å². The van der Waals surface area contributed by atoms with E-state index in [4.69, 9.17) is 0 Å². The summed E-state index contributed by atoms with van der Waals surface area (Å²) in [5.74, 6) is 0.886. The molecule has 0 aliphatic rings. The zero-order chi connectivity index (χ0) is 13.4. The van der Waals surface area contributed by atoms with E-state index in [0.717, 1.165) is 25.3 Å². The van der Waals surface area contributed by atoms with Crippen LogP contribution in [0.1, 0.15) is 31.4 Å². The normalized spacial score (nSPS) is 12.5. The SMILES string of the molecule is CCC(C)NC(=NC)NCCc1ccc(C)cc1.I. The van der Waals surface area contributed by atoms with E-state index < -0.39 is 0 Å². The van der Waals surface area contributed by atoms with Gasteiger partial charge in [-0.05, 0) is 32.3 Å². The number of hydrogen-bond acceptors (Lipinski definition) is 1. The Morgan fingerprint density at radius 1 is 1.26 bits per heavy atom. The van der Waals surface area contributed by atoms with E-state index in [9.17, 15) is 0 Å². The van der Waals surface area contributed by atoms with Crippen molar-refractivity contribution in [2.45, 2.75) is 39.7 Å². The number of benzene rings is 1. The first-order valence-electron chi connectivity index (χ1n) is 6.68. The lowest BCUT2D eigenvalue weighted by Crippen LogP contribution is -2.42. The van der Waals surface area contributed by atoms with E-state index >= 15 is 0 Å². The minimum atomic E-state index is 0. The standard InChI is InChI=1S/C15H25N3.HI/c1-5-13(3)18-15(16-4)17-11-10-14-8-6-12(2)7-9-14;/h6-9,13H,5,10-11H2,1-4H3,(H2,16,17,18);1H. The van der Waals surface area contributed by atoms with E-state index in [0.29, 0.717) is 6.04 Å². The van der Waals surface area contributed by atoms with Gasteiger partial charge < -0.3 is 10.6 Å². The molecule has 0 radical (unpaired) electrons. The molecule has 1 aromatic carbocycles. The molecule has 1 rings (SSSR count). The molecule has 108 valence electrons. The molecule has 1 aromatic rings. The fourth-order valence-corrected chi connectivity index (χ4v) is 1.61. The molecule has 0 fully saturated rings. The second-order valence-electron chi connectivity index (χ2n) is 4.69. The number of nitrogens with zero attached hydrogens (tertiary/aromatic N) is 1. The molecule has 0 aliphatic heterocycles. The highest BCUT2D eigenvalue weighted by molar-refractivity contribution is 14.0. The van der Waals surface area contributed by atoms with Gasteiger partial charge in [0.25, 0.3) is 0 Å². The summed E-state index contributed by atoms with van der Waals surface area (Å²) in [4.78, 5) is 4.22. The first-order valence-corrected chi connectivity index (χ1v) is 6.68. The molecule has 4 heteroatoms. The number of aliphatic imine (C=N–C) groups is 1. The summed E-state index contributed by atoms with van der Waals surface area (Å²) in [5, 5.41) is 6.69. The zero-order valence-corrected chi connectivity index (χ0v) is 14.7. The number of rotatable bonds is 5. The molecule has 0 bridgehead atoms. The van der Waals surface area contributed by atoms with E-state index in [1.165, 1.54) is 11.1 Å². The molecule has 0 aromatic heterocycles. The van der Waals surface area contributed by atoms with Gasteiger partial charge in [-0.3, -0.25) is 4.99 Å². The average Bonchev–Trinajstić information content (AvgIpc) is 2.39. The maximum atomic E-state index is 4.22. The van der Waals surface area contributed by atoms with Gasteiger partial charge in [0.05, 0.1) is 0 Å². The Bertz CT molecular complexity index is 373. The van der Waals surface area contributed by atoms with Gasteiger partial charge in [-0.2, -0.15) is 0 Å². The van der Waals surface area contributed by atoms with E-state index in [1.54, 1.807) is 0 Å². The summed E-state index contributed by atoms with van der Waals surface area (Å²) in [6.45, 7) is 7.34. The third-order valence-electron chi connectivity index (χ3n) is 3.05. The van der Waals surface area contributed by atoms with Crippen LogP contribution in [0.5, 0.6) is 0 Å². The molecule has 1 atom stereocenters. The van der Waals surface area contributed by atoms with Crippen LogP contribution in [0, 0.1) is 6.92 Å². The molecule has 1 unspecified atom stereocenters. The summed E-state index contributed by atoms with van der Waals surface area (Å²) >= 11 is 0. The van der Waals surface area contributed by atoms with Gasteiger partial charge in [0.15, 0.2) is 5.96 Å². The van der Waals surface area contributed by atoms with Gasteiger partial charge >= 0.3 is 0 Å². The molecule has 0 saturated carbocycles. The summed E-state index contributed by atoms with van der Waals surface area (Å²) in [6.07, 6.45) is 2.11. The molecule has 0 amide bonds. The molecule has 19 heavy (non-hydrogen) atoms. The second-order valence-corrected chi connectivity index (χ2v) is 4.69. The Balaban J connectivity index is 0.00000324. The highest BCUT2D eigenvalue weighted by Gasteiger charge is 2.01. The zero-order valence-electron chi connectivity index (χ0n) is 12.4. The summed E-state index contributed by atoms with van der Waals surface area (Å²) < 4.78 is 0. The Morgan fingerprint density at radius 2 is 1.89 bits per heavy atom. The van der Waals surface area contributed by atoms with Crippen LogP contribution in [-0.2, 0) is 6.42 Å². The van der Waals surface area contributed by atoms with Crippen molar-refractivity contribution in [3.05, 3.63) is 35.4 Å². The van der Waals surface area contributed by atoms with Gasteiger partial charge in [-0.15, -0.1) is 24.0 Å². The Kier molecular flexibility index (Phi) is 9.65. The number of hydrogen-bond donors (Lipinski definition) is 2. The van der Waals surface area contributed by atoms with Crippen LogP contribution in [0.4, 0.5) is 0 Å². The van der Waals surface area contributed by atoms with Crippen molar-refractivity contribution in [2.24, 2.45) is 4.99 Å². The van der Waals surface area contributed by atoms with Crippen LogP contribution in [0.3, 0.4) is 0 Å². The quantitative estimate of drug-likeness (QED) is 0.471. The fraction of sp³-hybridized carbons (Fsp3) is 0.533. The van der Waals surface area contributed by atoms with Crippen LogP contribution < -0.4 is 10.6 Å². The van der Waals surface area contributed by atoms with Gasteiger partial charge in [-0.25, -0.2) is 0 Å². The van der Waals surface area contributed by atoms with Crippen molar-refractivity contribution in [3.63, 3.8) is 0 Å². The monoisotopic (exact) mass is 375 g/mol. The largest absolute Gasteiger partial charge is 0.356 e. The number of guanidine groups is 1. The lowest BCUT2D eigenvalue weighted by atomic mass is 10.1. The van der Waals surface area contributed by atoms with Gasteiger partial charge in [0.2, 0.25) is 0 Å². The fourth-order valence-electron chi connectivity index (χ4n) is 1.61. The van der Waals surface area contributed by atoms with Crippen molar-refractivity contribution >= 4 is 29.9 Å². The van der Waals surface area contributed by atoms with Crippen LogP contribution in [0.2, 0.25) is 0 Å². The maximum absolute atomic E-state index is 4.22. The van der Waals surface area contributed by atoms with E-state index in [1.807, 2.05) is 7.05 Å². The predicted octanol–water partition coefficient (Wildman–Crippen LogP) is 3.12. The second kappa shape index (κ2) is 10.1. The summed E-state index contributed by atoms with van der Waals surface area (Å²) in [7, 11) is 1.81. The first kappa shape index (κ1) is 18.2. The van der Waals surface area contributed by atoms with Crippen LogP contribution in [0.15, 0.2) is 29.3 Å². The molecule has 2 N–H and O–H groups in total. The molecular formula is C15H26IN3. The third kappa shape index (κ3) is 7.40. The van der Waals surface area contributed by atoms with Crippen LogP contribution in [0.25, 0.3) is 0 Å². The minimum Gasteiger partial charge on any atom is -0.356 e. The summed E-state index contributed by atoms with van der Waals surface area (Å²) in [5.41, 5.74) is 2.66. The predicted molar refractivity (Wildman–Crippen MR) is 94.5 cm³/mol. The molecule has 0 heterocycles. The Morgan fingerprint density at radius 3 is 2.42 bits per heavy atom. The highest BCUT2D eigenvalue weighted by Crippen LogP contribution is 2.03. The molecule has 0 aliphatic carbocycles. The summed E-state index contributed by atoms with van der Waals surface area (Å²) in [6, 6.07) is 9.13. The van der Waals surface area contributed by atoms with Crippen LogP contribution >= 0.6 is 24.0 Å². The minimum absolute atomic E-state index is 0. The lowest BCUT2D eigenvalue weighted by molar-refractivity contribution is 0.624. The maximum Gasteiger partial charge on any atom is 0.191 e. The highest BCUT2D eigenvalue weighted by atomic mass is 127. The Labute approximate surface area is 134 Å². The number of halogens is 1. The molecule has 0 saturated heterocycles. The van der Waals surface area contributed by atoms with E-state index in [2.05, 4.69) is 60.7 Å². The van der Waals surface area contributed by atoms with Crippen molar-refractivity contribution in [2.75, 3.05) is 13.6 Å². The van der Waals surface area contributed by atoms with Crippen molar-refractivity contribution < 1.29 is 0 Å². The first-order chi connectivity index (χ1) is 8.65. The van der Waals surface area contributed by atoms with Crippen molar-refractivity contribution in [1.82, 2.24) is 10.6 Å². The molecule has 3 nitrogen and oxygen atoms in total. The topological polar surface area (TPSA) is 36.4 Å². The van der Waals surface area contributed by atoms with Crippen molar-refractivity contribution in [1.29, 1.82) is 0 Å². The van der Waals surface area contributed by atoms with Crippen molar-refractivity contribution in [3.8, 4) is 0 Å². The van der Waals surface area contributed by atoms with Gasteiger partial charge in [0.1, 0.15) is 0 Å². The number of aryl methyl sites for hydroxylation is 1. The van der Waals surface area contributed by atoms with Gasteiger partial charge in [0, 0.05) is 19.6 Å². The molecule has 0 spiro atoms. The average molecular weight is 375 g/mol. The molecular weight excluding hydrogens is 349 g/mol.